The first-order valence-electron chi connectivity index (χ1n) is 8.98. The van der Waals surface area contributed by atoms with Gasteiger partial charge >= 0.3 is 0 Å². The Morgan fingerprint density at radius 1 is 1.07 bits per heavy atom. The van der Waals surface area contributed by atoms with E-state index in [1.807, 2.05) is 44.2 Å². The Morgan fingerprint density at radius 3 is 2.33 bits per heavy atom. The summed E-state index contributed by atoms with van der Waals surface area (Å²) in [5.74, 6) is -0.521. The van der Waals surface area contributed by atoms with Crippen LogP contribution >= 0.6 is 11.6 Å². The third-order valence-electron chi connectivity index (χ3n) is 4.29. The molecule has 27 heavy (non-hydrogen) atoms. The Labute approximate surface area is 165 Å². The van der Waals surface area contributed by atoms with E-state index in [9.17, 15) is 9.59 Å². The number of hydrogen-bond donors (Lipinski definition) is 3. The number of amides is 2. The molecule has 2 amide bonds. The summed E-state index contributed by atoms with van der Waals surface area (Å²) in [5.41, 5.74) is 8.01. The van der Waals surface area contributed by atoms with Gasteiger partial charge in [0.2, 0.25) is 5.91 Å². The van der Waals surface area contributed by atoms with Crippen molar-refractivity contribution in [2.45, 2.75) is 26.8 Å². The molecule has 0 bridgehead atoms. The van der Waals surface area contributed by atoms with E-state index in [0.717, 1.165) is 5.56 Å². The van der Waals surface area contributed by atoms with Crippen LogP contribution in [0.4, 0.5) is 5.69 Å². The number of benzene rings is 2. The fraction of sp³-hybridized carbons (Fsp3) is 0.333. The van der Waals surface area contributed by atoms with E-state index in [-0.39, 0.29) is 16.8 Å². The third-order valence-corrected chi connectivity index (χ3v) is 4.60. The first-order valence-corrected chi connectivity index (χ1v) is 9.36. The molecule has 0 spiro atoms. The van der Waals surface area contributed by atoms with Crippen molar-refractivity contribution in [3.8, 4) is 0 Å². The maximum Gasteiger partial charge on any atom is 0.252 e. The van der Waals surface area contributed by atoms with Crippen LogP contribution in [0.15, 0.2) is 48.5 Å². The van der Waals surface area contributed by atoms with Crippen molar-refractivity contribution in [3.63, 3.8) is 0 Å². The molecule has 0 aliphatic carbocycles. The SMILES string of the molecule is CC(C)CNC(=O)c1ccc(NC(=O)C(C)C(N)c2ccccc2)cc1Cl. The van der Waals surface area contributed by atoms with Gasteiger partial charge in [0.15, 0.2) is 0 Å². The zero-order chi connectivity index (χ0) is 20.0. The van der Waals surface area contributed by atoms with Gasteiger partial charge in [0.25, 0.3) is 5.91 Å². The minimum Gasteiger partial charge on any atom is -0.352 e. The minimum atomic E-state index is -0.430. The normalized spacial score (nSPS) is 13.1. The largest absolute Gasteiger partial charge is 0.352 e. The van der Waals surface area contributed by atoms with Gasteiger partial charge in [0.05, 0.1) is 16.5 Å². The van der Waals surface area contributed by atoms with E-state index < -0.39 is 12.0 Å². The number of nitrogens with one attached hydrogen (secondary N) is 2. The first-order chi connectivity index (χ1) is 12.8. The standard InChI is InChI=1S/C21H26ClN3O2/c1-13(2)12-24-21(27)17-10-9-16(11-18(17)22)25-20(26)14(3)19(23)15-7-5-4-6-8-15/h4-11,13-14,19H,12,23H2,1-3H3,(H,24,27)(H,25,26). The van der Waals surface area contributed by atoms with Crippen LogP contribution < -0.4 is 16.4 Å². The zero-order valence-electron chi connectivity index (χ0n) is 15.8. The van der Waals surface area contributed by atoms with Crippen molar-refractivity contribution in [3.05, 3.63) is 64.7 Å². The van der Waals surface area contributed by atoms with Crippen LogP contribution in [0.1, 0.15) is 42.7 Å². The second-order valence-electron chi connectivity index (χ2n) is 7.01. The molecule has 0 aliphatic heterocycles. The van der Waals surface area contributed by atoms with Crippen LogP contribution in [0, 0.1) is 11.8 Å². The lowest BCUT2D eigenvalue weighted by Gasteiger charge is -2.20. The molecule has 0 fully saturated rings. The summed E-state index contributed by atoms with van der Waals surface area (Å²) in [6, 6.07) is 13.9. The number of nitrogens with two attached hydrogens (primary N) is 1. The molecular formula is C21H26ClN3O2. The predicted octanol–water partition coefficient (Wildman–Crippen LogP) is 4.00. The van der Waals surface area contributed by atoms with Gasteiger partial charge in [0.1, 0.15) is 0 Å². The van der Waals surface area contributed by atoms with Crippen molar-refractivity contribution in [1.29, 1.82) is 0 Å². The molecule has 2 aromatic rings. The number of hydrogen-bond acceptors (Lipinski definition) is 3. The fourth-order valence-electron chi connectivity index (χ4n) is 2.55. The van der Waals surface area contributed by atoms with Gasteiger partial charge < -0.3 is 16.4 Å². The van der Waals surface area contributed by atoms with Gasteiger partial charge in [-0.1, -0.05) is 62.7 Å². The summed E-state index contributed by atoms with van der Waals surface area (Å²) in [7, 11) is 0. The van der Waals surface area contributed by atoms with Crippen LogP contribution in [0.5, 0.6) is 0 Å². The van der Waals surface area contributed by atoms with Crippen LogP contribution in [0.3, 0.4) is 0 Å². The van der Waals surface area contributed by atoms with E-state index in [4.69, 9.17) is 17.3 Å². The molecule has 2 unspecified atom stereocenters. The summed E-state index contributed by atoms with van der Waals surface area (Å²) in [4.78, 5) is 24.7. The lowest BCUT2D eigenvalue weighted by Crippen LogP contribution is -2.30. The molecule has 0 saturated carbocycles. The summed E-state index contributed by atoms with van der Waals surface area (Å²) < 4.78 is 0. The molecule has 2 atom stereocenters. The van der Waals surface area contributed by atoms with E-state index in [1.54, 1.807) is 25.1 Å². The molecule has 5 nitrogen and oxygen atoms in total. The molecule has 2 rings (SSSR count). The number of carbonyl (C=O) groups excluding carboxylic acids is 2. The second kappa shape index (κ2) is 9.53. The lowest BCUT2D eigenvalue weighted by atomic mass is 9.94. The quantitative estimate of drug-likeness (QED) is 0.671. The molecule has 4 N–H and O–H groups in total. The Morgan fingerprint density at radius 2 is 1.74 bits per heavy atom. The van der Waals surface area contributed by atoms with E-state index in [2.05, 4.69) is 10.6 Å². The van der Waals surface area contributed by atoms with Crippen LogP contribution in [0.25, 0.3) is 0 Å². The van der Waals surface area contributed by atoms with Crippen LogP contribution in [0.2, 0.25) is 5.02 Å². The lowest BCUT2D eigenvalue weighted by molar-refractivity contribution is -0.120. The Balaban J connectivity index is 2.03. The summed E-state index contributed by atoms with van der Waals surface area (Å²) in [6.45, 7) is 6.38. The number of anilines is 1. The highest BCUT2D eigenvalue weighted by atomic mass is 35.5. The summed E-state index contributed by atoms with van der Waals surface area (Å²) in [5, 5.41) is 5.92. The zero-order valence-corrected chi connectivity index (χ0v) is 16.6. The molecule has 0 aromatic heterocycles. The van der Waals surface area contributed by atoms with Crippen molar-refractivity contribution in [2.75, 3.05) is 11.9 Å². The first kappa shape index (κ1) is 20.9. The smallest absolute Gasteiger partial charge is 0.252 e. The number of carbonyl (C=O) groups is 2. The molecule has 0 aliphatic rings. The highest BCUT2D eigenvalue weighted by Crippen LogP contribution is 2.24. The van der Waals surface area contributed by atoms with Gasteiger partial charge in [-0.25, -0.2) is 0 Å². The van der Waals surface area contributed by atoms with Crippen LogP contribution in [-0.4, -0.2) is 18.4 Å². The van der Waals surface area contributed by atoms with Gasteiger partial charge in [-0.15, -0.1) is 0 Å². The fourth-order valence-corrected chi connectivity index (χ4v) is 2.82. The van der Waals surface area contributed by atoms with Crippen molar-refractivity contribution in [1.82, 2.24) is 5.32 Å². The molecule has 0 saturated heterocycles. The molecule has 6 heteroatoms. The van der Waals surface area contributed by atoms with E-state index >= 15 is 0 Å². The average Bonchev–Trinajstić information content (AvgIpc) is 2.65. The van der Waals surface area contributed by atoms with Crippen molar-refractivity contribution in [2.24, 2.45) is 17.6 Å². The van der Waals surface area contributed by atoms with Gasteiger partial charge in [-0.2, -0.15) is 0 Å². The van der Waals surface area contributed by atoms with Crippen molar-refractivity contribution >= 4 is 29.1 Å². The maximum absolute atomic E-state index is 12.5. The minimum absolute atomic E-state index is 0.209. The molecule has 144 valence electrons. The average molecular weight is 388 g/mol. The predicted molar refractivity (Wildman–Crippen MR) is 110 cm³/mol. The number of halogens is 1. The van der Waals surface area contributed by atoms with E-state index in [0.29, 0.717) is 23.7 Å². The summed E-state index contributed by atoms with van der Waals surface area (Å²) in [6.07, 6.45) is 0. The van der Waals surface area contributed by atoms with Crippen LogP contribution in [-0.2, 0) is 4.79 Å². The molecular weight excluding hydrogens is 362 g/mol. The van der Waals surface area contributed by atoms with E-state index in [1.165, 1.54) is 0 Å². The van der Waals surface area contributed by atoms with Gasteiger partial charge in [-0.3, -0.25) is 9.59 Å². The van der Waals surface area contributed by atoms with Crippen molar-refractivity contribution < 1.29 is 9.59 Å². The monoisotopic (exact) mass is 387 g/mol. The topological polar surface area (TPSA) is 84.2 Å². The third kappa shape index (κ3) is 5.81. The summed E-state index contributed by atoms with van der Waals surface area (Å²) >= 11 is 6.22. The highest BCUT2D eigenvalue weighted by Gasteiger charge is 2.22. The molecule has 0 radical (unpaired) electrons. The number of rotatable bonds is 7. The Kier molecular flexibility index (Phi) is 7.39. The highest BCUT2D eigenvalue weighted by molar-refractivity contribution is 6.34. The maximum atomic E-state index is 12.5. The van der Waals surface area contributed by atoms with Gasteiger partial charge in [-0.05, 0) is 29.7 Å². The second-order valence-corrected chi connectivity index (χ2v) is 7.42. The molecule has 2 aromatic carbocycles. The Bertz CT molecular complexity index is 793. The molecule has 0 heterocycles. The van der Waals surface area contributed by atoms with Gasteiger partial charge in [0, 0.05) is 18.3 Å². The Hall–Kier alpha value is -2.37.